The summed E-state index contributed by atoms with van der Waals surface area (Å²) in [6, 6.07) is 7.53. The topological polar surface area (TPSA) is 113 Å². The van der Waals surface area contributed by atoms with E-state index in [0.717, 1.165) is 16.7 Å². The summed E-state index contributed by atoms with van der Waals surface area (Å²) in [5.41, 5.74) is 8.40. The molecular formula is C12H10N6O. The quantitative estimate of drug-likeness (QED) is 0.645. The number of aromatic nitrogens is 5. The van der Waals surface area contributed by atoms with Crippen LogP contribution in [0.1, 0.15) is 10.5 Å². The van der Waals surface area contributed by atoms with Crippen LogP contribution in [0.25, 0.3) is 22.4 Å². The Labute approximate surface area is 107 Å². The molecule has 19 heavy (non-hydrogen) atoms. The summed E-state index contributed by atoms with van der Waals surface area (Å²) >= 11 is 0. The highest BCUT2D eigenvalue weighted by Crippen LogP contribution is 2.31. The molecule has 7 nitrogen and oxygen atoms in total. The predicted molar refractivity (Wildman–Crippen MR) is 67.9 cm³/mol. The largest absolute Gasteiger partial charge is 0.364 e. The molecule has 0 aliphatic rings. The Bertz CT molecular complexity index is 715. The number of aromatic amines is 2. The third kappa shape index (κ3) is 1.86. The van der Waals surface area contributed by atoms with Gasteiger partial charge < -0.3 is 5.73 Å². The van der Waals surface area contributed by atoms with Gasteiger partial charge in [0.1, 0.15) is 5.69 Å². The van der Waals surface area contributed by atoms with Crippen LogP contribution in [0.5, 0.6) is 0 Å². The number of carbonyl (C=O) groups excluding carboxylic acids is 1. The van der Waals surface area contributed by atoms with Gasteiger partial charge in [0.2, 0.25) is 0 Å². The van der Waals surface area contributed by atoms with Crippen LogP contribution < -0.4 is 5.73 Å². The van der Waals surface area contributed by atoms with Gasteiger partial charge in [0.05, 0.1) is 6.20 Å². The lowest BCUT2D eigenvalue weighted by molar-refractivity contribution is 0.0996. The number of rotatable bonds is 3. The third-order valence-corrected chi connectivity index (χ3v) is 2.77. The number of amides is 1. The molecule has 0 radical (unpaired) electrons. The minimum atomic E-state index is -0.620. The number of carbonyl (C=O) groups is 1. The first-order valence-electron chi connectivity index (χ1n) is 5.56. The van der Waals surface area contributed by atoms with Crippen molar-refractivity contribution in [2.75, 3.05) is 0 Å². The third-order valence-electron chi connectivity index (χ3n) is 2.77. The molecular weight excluding hydrogens is 244 g/mol. The van der Waals surface area contributed by atoms with Gasteiger partial charge in [-0.2, -0.15) is 20.5 Å². The van der Waals surface area contributed by atoms with Crippen LogP contribution in [-0.4, -0.2) is 31.5 Å². The van der Waals surface area contributed by atoms with Crippen molar-refractivity contribution in [3.63, 3.8) is 0 Å². The maximum absolute atomic E-state index is 11.3. The van der Waals surface area contributed by atoms with Gasteiger partial charge in [0.25, 0.3) is 5.91 Å². The maximum Gasteiger partial charge on any atom is 0.271 e. The van der Waals surface area contributed by atoms with E-state index in [1.54, 1.807) is 12.4 Å². The molecule has 0 bridgehead atoms. The molecule has 0 fully saturated rings. The van der Waals surface area contributed by atoms with E-state index in [1.807, 2.05) is 24.3 Å². The molecule has 7 heteroatoms. The van der Waals surface area contributed by atoms with Gasteiger partial charge >= 0.3 is 0 Å². The molecule has 2 heterocycles. The molecule has 0 saturated heterocycles. The number of hydrogen-bond donors (Lipinski definition) is 3. The minimum absolute atomic E-state index is 0.121. The smallest absolute Gasteiger partial charge is 0.271 e. The van der Waals surface area contributed by atoms with Crippen LogP contribution in [-0.2, 0) is 0 Å². The first-order valence-corrected chi connectivity index (χ1v) is 5.56. The summed E-state index contributed by atoms with van der Waals surface area (Å²) in [7, 11) is 0. The van der Waals surface area contributed by atoms with Crippen LogP contribution >= 0.6 is 0 Å². The highest BCUT2D eigenvalue weighted by atomic mass is 16.1. The Morgan fingerprint density at radius 3 is 2.63 bits per heavy atom. The van der Waals surface area contributed by atoms with Crippen molar-refractivity contribution >= 4 is 5.91 Å². The van der Waals surface area contributed by atoms with Gasteiger partial charge in [0, 0.05) is 17.3 Å². The van der Waals surface area contributed by atoms with Gasteiger partial charge in [-0.25, -0.2) is 0 Å². The molecule has 1 aromatic carbocycles. The first-order chi connectivity index (χ1) is 9.27. The van der Waals surface area contributed by atoms with Crippen molar-refractivity contribution in [3.8, 4) is 22.4 Å². The normalized spacial score (nSPS) is 10.5. The number of H-pyrrole nitrogens is 2. The van der Waals surface area contributed by atoms with Crippen LogP contribution in [0.4, 0.5) is 0 Å². The fourth-order valence-electron chi connectivity index (χ4n) is 1.93. The second-order valence-electron chi connectivity index (χ2n) is 3.92. The molecule has 0 saturated carbocycles. The summed E-state index contributed by atoms with van der Waals surface area (Å²) in [6.07, 6.45) is 3.46. The molecule has 4 N–H and O–H groups in total. The number of nitrogens with two attached hydrogens (primary N) is 1. The van der Waals surface area contributed by atoms with Crippen molar-refractivity contribution < 1.29 is 4.79 Å². The SMILES string of the molecule is NC(=O)c1n[nH]nc1-c1ccccc1-c1cn[nH]c1. The van der Waals surface area contributed by atoms with E-state index in [9.17, 15) is 4.79 Å². The van der Waals surface area contributed by atoms with Crippen molar-refractivity contribution in [1.29, 1.82) is 0 Å². The molecule has 94 valence electrons. The van der Waals surface area contributed by atoms with E-state index in [4.69, 9.17) is 5.73 Å². The van der Waals surface area contributed by atoms with Crippen LogP contribution in [0.2, 0.25) is 0 Å². The fourth-order valence-corrected chi connectivity index (χ4v) is 1.93. The van der Waals surface area contributed by atoms with Gasteiger partial charge in [-0.1, -0.05) is 24.3 Å². The second-order valence-corrected chi connectivity index (χ2v) is 3.92. The van der Waals surface area contributed by atoms with Crippen LogP contribution in [0.3, 0.4) is 0 Å². The maximum atomic E-state index is 11.3. The van der Waals surface area contributed by atoms with Crippen LogP contribution in [0.15, 0.2) is 36.7 Å². The van der Waals surface area contributed by atoms with Crippen molar-refractivity contribution in [1.82, 2.24) is 25.6 Å². The zero-order chi connectivity index (χ0) is 13.2. The lowest BCUT2D eigenvalue weighted by Gasteiger charge is -2.05. The van der Waals surface area contributed by atoms with Gasteiger partial charge in [-0.3, -0.25) is 9.89 Å². The molecule has 0 spiro atoms. The van der Waals surface area contributed by atoms with E-state index in [2.05, 4.69) is 25.6 Å². The number of benzene rings is 1. The Kier molecular flexibility index (Phi) is 2.57. The van der Waals surface area contributed by atoms with E-state index >= 15 is 0 Å². The zero-order valence-electron chi connectivity index (χ0n) is 9.79. The Balaban J connectivity index is 2.21. The number of primary amides is 1. The standard InChI is InChI=1S/C12H10N6O/c13-12(19)11-10(16-18-17-11)9-4-2-1-3-8(9)7-5-14-15-6-7/h1-6H,(H2,13,19)(H,14,15)(H,16,17,18). The van der Waals surface area contributed by atoms with Crippen molar-refractivity contribution in [2.24, 2.45) is 5.73 Å². The summed E-state index contributed by atoms with van der Waals surface area (Å²) in [6.45, 7) is 0. The fraction of sp³-hybridized carbons (Fsp3) is 0. The molecule has 3 rings (SSSR count). The summed E-state index contributed by atoms with van der Waals surface area (Å²) < 4.78 is 0. The molecule has 0 aliphatic carbocycles. The average molecular weight is 254 g/mol. The molecule has 0 unspecified atom stereocenters. The summed E-state index contributed by atoms with van der Waals surface area (Å²) in [5.74, 6) is -0.620. The van der Waals surface area contributed by atoms with E-state index in [-0.39, 0.29) is 5.69 Å². The first kappa shape index (κ1) is 11.1. The molecule has 1 amide bonds. The van der Waals surface area contributed by atoms with E-state index in [1.165, 1.54) is 0 Å². The number of hydrogen-bond acceptors (Lipinski definition) is 4. The molecule has 0 aliphatic heterocycles. The van der Waals surface area contributed by atoms with Gasteiger partial charge in [-0.15, -0.1) is 0 Å². The molecule has 3 aromatic rings. The lowest BCUT2D eigenvalue weighted by atomic mass is 9.99. The molecule has 2 aromatic heterocycles. The Morgan fingerprint density at radius 1 is 1.16 bits per heavy atom. The second kappa shape index (κ2) is 4.37. The summed E-state index contributed by atoms with van der Waals surface area (Å²) in [5, 5.41) is 16.9. The van der Waals surface area contributed by atoms with E-state index in [0.29, 0.717) is 5.69 Å². The van der Waals surface area contributed by atoms with Gasteiger partial charge in [0.15, 0.2) is 5.69 Å². The van der Waals surface area contributed by atoms with Crippen molar-refractivity contribution in [3.05, 3.63) is 42.4 Å². The van der Waals surface area contributed by atoms with Gasteiger partial charge in [-0.05, 0) is 5.56 Å². The van der Waals surface area contributed by atoms with Crippen molar-refractivity contribution in [2.45, 2.75) is 0 Å². The lowest BCUT2D eigenvalue weighted by Crippen LogP contribution is -2.12. The average Bonchev–Trinajstić information content (AvgIpc) is 3.10. The predicted octanol–water partition coefficient (Wildman–Crippen LogP) is 0.961. The number of nitrogens with zero attached hydrogens (tertiary/aromatic N) is 3. The Morgan fingerprint density at radius 2 is 1.95 bits per heavy atom. The minimum Gasteiger partial charge on any atom is -0.364 e. The van der Waals surface area contributed by atoms with Crippen LogP contribution in [0, 0.1) is 0 Å². The number of nitrogens with one attached hydrogen (secondary N) is 2. The molecule has 0 atom stereocenters. The highest BCUT2D eigenvalue weighted by Gasteiger charge is 2.18. The monoisotopic (exact) mass is 254 g/mol. The highest BCUT2D eigenvalue weighted by molar-refractivity contribution is 5.98. The zero-order valence-corrected chi connectivity index (χ0v) is 9.79. The van der Waals surface area contributed by atoms with E-state index < -0.39 is 5.91 Å². The summed E-state index contributed by atoms with van der Waals surface area (Å²) in [4.78, 5) is 11.3. The Hall–Kier alpha value is -2.96.